The van der Waals surface area contributed by atoms with E-state index in [1.807, 2.05) is 0 Å². The van der Waals surface area contributed by atoms with Crippen molar-refractivity contribution in [2.75, 3.05) is 12.5 Å². The first-order valence-electron chi connectivity index (χ1n) is 5.41. The Morgan fingerprint density at radius 2 is 1.89 bits per heavy atom. The molecule has 0 radical (unpaired) electrons. The Morgan fingerprint density at radius 1 is 1.28 bits per heavy atom. The molecule has 0 spiro atoms. The number of hydrogen-bond donors (Lipinski definition) is 3. The molecule has 0 aliphatic rings. The van der Waals surface area contributed by atoms with Crippen molar-refractivity contribution in [3.8, 4) is 5.75 Å². The number of aliphatic hydroxyl groups is 2. The van der Waals surface area contributed by atoms with Crippen LogP contribution in [-0.4, -0.2) is 39.9 Å². The largest absolute Gasteiger partial charge is 0.482 e. The molecule has 2 atom stereocenters. The lowest BCUT2D eigenvalue weighted by Gasteiger charge is -2.17. The fourth-order valence-electron chi connectivity index (χ4n) is 1.40. The third-order valence-electron chi connectivity index (χ3n) is 2.35. The summed E-state index contributed by atoms with van der Waals surface area (Å²) in [4.78, 5) is 10.3. The van der Waals surface area contributed by atoms with Crippen molar-refractivity contribution >= 4 is 17.6 Å². The Hall–Kier alpha value is -1.30. The molecule has 0 saturated carbocycles. The van der Waals surface area contributed by atoms with Crippen LogP contribution in [0.25, 0.3) is 0 Å². The molecular formula is C12H15ClO5. The lowest BCUT2D eigenvalue weighted by molar-refractivity contribution is -0.139. The molecule has 0 amide bonds. The fourth-order valence-corrected chi connectivity index (χ4v) is 1.62. The van der Waals surface area contributed by atoms with Crippen LogP contribution >= 0.6 is 11.6 Å². The third kappa shape index (κ3) is 4.52. The second-order valence-electron chi connectivity index (χ2n) is 3.74. The number of ether oxygens (including phenoxy) is 1. The monoisotopic (exact) mass is 274 g/mol. The van der Waals surface area contributed by atoms with Crippen LogP contribution in [0.1, 0.15) is 18.1 Å². The molecule has 1 aromatic rings. The second-order valence-corrected chi connectivity index (χ2v) is 4.12. The van der Waals surface area contributed by atoms with Crippen molar-refractivity contribution in [2.24, 2.45) is 0 Å². The molecule has 0 aliphatic heterocycles. The minimum absolute atomic E-state index is 0.262. The van der Waals surface area contributed by atoms with Gasteiger partial charge in [-0.2, -0.15) is 0 Å². The maximum Gasteiger partial charge on any atom is 0.341 e. The number of carbonyl (C=O) groups is 1. The molecule has 1 aromatic carbocycles. The van der Waals surface area contributed by atoms with E-state index in [4.69, 9.17) is 21.4 Å². The van der Waals surface area contributed by atoms with Gasteiger partial charge in [0.2, 0.25) is 0 Å². The van der Waals surface area contributed by atoms with E-state index in [0.29, 0.717) is 17.7 Å². The van der Waals surface area contributed by atoms with Crippen molar-refractivity contribution in [3.63, 3.8) is 0 Å². The molecule has 18 heavy (non-hydrogen) atoms. The normalized spacial score (nSPS) is 13.9. The Labute approximate surface area is 110 Å². The number of halogens is 1. The Morgan fingerprint density at radius 3 is 2.39 bits per heavy atom. The van der Waals surface area contributed by atoms with Gasteiger partial charge in [0, 0.05) is 5.88 Å². The van der Waals surface area contributed by atoms with Crippen molar-refractivity contribution in [2.45, 2.75) is 18.6 Å². The lowest BCUT2D eigenvalue weighted by Crippen LogP contribution is -2.18. The SMILES string of the molecule is O=C(O)COc1ccc(C(O)C(O)CCCl)cc1. The van der Waals surface area contributed by atoms with Crippen LogP contribution in [0.3, 0.4) is 0 Å². The summed E-state index contributed by atoms with van der Waals surface area (Å²) in [5.41, 5.74) is 0.523. The van der Waals surface area contributed by atoms with Crippen molar-refractivity contribution < 1.29 is 24.9 Å². The fraction of sp³-hybridized carbons (Fsp3) is 0.417. The van der Waals surface area contributed by atoms with Crippen LogP contribution in [0.2, 0.25) is 0 Å². The molecule has 6 heteroatoms. The summed E-state index contributed by atoms with van der Waals surface area (Å²) in [5.74, 6) is -0.408. The topological polar surface area (TPSA) is 87.0 Å². The molecule has 1 rings (SSSR count). The average molecular weight is 275 g/mol. The van der Waals surface area contributed by atoms with Crippen LogP contribution in [0, 0.1) is 0 Å². The predicted octanol–water partition coefficient (Wildman–Crippen LogP) is 1.17. The quantitative estimate of drug-likeness (QED) is 0.650. The molecule has 0 fully saturated rings. The number of benzene rings is 1. The van der Waals surface area contributed by atoms with Crippen LogP contribution in [0.4, 0.5) is 0 Å². The number of aliphatic hydroxyl groups excluding tert-OH is 2. The van der Waals surface area contributed by atoms with Crippen LogP contribution in [0.15, 0.2) is 24.3 Å². The van der Waals surface area contributed by atoms with E-state index in [1.54, 1.807) is 12.1 Å². The smallest absolute Gasteiger partial charge is 0.341 e. The average Bonchev–Trinajstić information content (AvgIpc) is 2.36. The van der Waals surface area contributed by atoms with Crippen molar-refractivity contribution in [3.05, 3.63) is 29.8 Å². The zero-order valence-corrected chi connectivity index (χ0v) is 10.4. The van der Waals surface area contributed by atoms with E-state index in [0.717, 1.165) is 0 Å². The van der Waals surface area contributed by atoms with Gasteiger partial charge in [0.1, 0.15) is 11.9 Å². The highest BCUT2D eigenvalue weighted by atomic mass is 35.5. The maximum absolute atomic E-state index is 10.3. The predicted molar refractivity (Wildman–Crippen MR) is 65.9 cm³/mol. The highest BCUT2D eigenvalue weighted by Crippen LogP contribution is 2.22. The van der Waals surface area contributed by atoms with Gasteiger partial charge in [-0.1, -0.05) is 12.1 Å². The molecule has 0 heterocycles. The minimum atomic E-state index is -1.06. The van der Waals surface area contributed by atoms with Gasteiger partial charge in [0.25, 0.3) is 0 Å². The number of aliphatic carboxylic acids is 1. The zero-order chi connectivity index (χ0) is 13.5. The van der Waals surface area contributed by atoms with E-state index in [2.05, 4.69) is 0 Å². The molecule has 0 aromatic heterocycles. The molecular weight excluding hydrogens is 260 g/mol. The summed E-state index contributed by atoms with van der Waals surface area (Å²) in [6, 6.07) is 6.21. The number of rotatable bonds is 7. The van der Waals surface area contributed by atoms with Crippen LogP contribution < -0.4 is 4.74 Å². The minimum Gasteiger partial charge on any atom is -0.482 e. The van der Waals surface area contributed by atoms with Gasteiger partial charge in [-0.05, 0) is 24.1 Å². The second kappa shape index (κ2) is 7.20. The first-order valence-corrected chi connectivity index (χ1v) is 5.94. The van der Waals surface area contributed by atoms with Crippen molar-refractivity contribution in [1.29, 1.82) is 0 Å². The van der Waals surface area contributed by atoms with Crippen LogP contribution in [-0.2, 0) is 4.79 Å². The van der Waals surface area contributed by atoms with E-state index >= 15 is 0 Å². The van der Waals surface area contributed by atoms with Gasteiger partial charge in [-0.25, -0.2) is 4.79 Å². The summed E-state index contributed by atoms with van der Waals surface area (Å²) < 4.78 is 4.95. The Balaban J connectivity index is 2.61. The number of carboxylic acids is 1. The van der Waals surface area contributed by atoms with Gasteiger partial charge in [-0.15, -0.1) is 11.6 Å². The van der Waals surface area contributed by atoms with E-state index in [-0.39, 0.29) is 5.88 Å². The molecule has 0 saturated heterocycles. The highest BCUT2D eigenvalue weighted by Gasteiger charge is 2.17. The first kappa shape index (κ1) is 14.8. The molecule has 0 aliphatic carbocycles. The lowest BCUT2D eigenvalue weighted by atomic mass is 10.0. The van der Waals surface area contributed by atoms with Gasteiger partial charge in [0.15, 0.2) is 6.61 Å². The number of hydrogen-bond acceptors (Lipinski definition) is 4. The standard InChI is InChI=1S/C12H15ClO5/c13-6-5-10(14)12(17)8-1-3-9(4-2-8)18-7-11(15)16/h1-4,10,12,14,17H,5-7H2,(H,15,16). The summed E-state index contributed by atoms with van der Waals surface area (Å²) in [6.45, 7) is -0.420. The molecule has 3 N–H and O–H groups in total. The molecule has 100 valence electrons. The van der Waals surface area contributed by atoms with Gasteiger partial charge in [0.05, 0.1) is 6.10 Å². The van der Waals surface area contributed by atoms with Gasteiger partial charge >= 0.3 is 5.97 Å². The maximum atomic E-state index is 10.3. The van der Waals surface area contributed by atoms with E-state index in [9.17, 15) is 15.0 Å². The number of carboxylic acid groups (broad SMARTS) is 1. The van der Waals surface area contributed by atoms with E-state index < -0.39 is 24.8 Å². The summed E-state index contributed by atoms with van der Waals surface area (Å²) in [6.07, 6.45) is -1.65. The zero-order valence-electron chi connectivity index (χ0n) is 9.62. The van der Waals surface area contributed by atoms with Crippen molar-refractivity contribution in [1.82, 2.24) is 0 Å². The van der Waals surface area contributed by atoms with E-state index in [1.165, 1.54) is 12.1 Å². The first-order chi connectivity index (χ1) is 8.54. The third-order valence-corrected chi connectivity index (χ3v) is 2.57. The number of alkyl halides is 1. The highest BCUT2D eigenvalue weighted by molar-refractivity contribution is 6.17. The summed E-state index contributed by atoms with van der Waals surface area (Å²) >= 11 is 5.48. The van der Waals surface area contributed by atoms with Gasteiger partial charge < -0.3 is 20.1 Å². The molecule has 5 nitrogen and oxygen atoms in total. The Bertz CT molecular complexity index is 379. The summed E-state index contributed by atoms with van der Waals surface area (Å²) in [7, 11) is 0. The Kier molecular flexibility index (Phi) is 5.91. The summed E-state index contributed by atoms with van der Waals surface area (Å²) in [5, 5.41) is 27.8. The van der Waals surface area contributed by atoms with Gasteiger partial charge in [-0.3, -0.25) is 0 Å². The molecule has 2 unspecified atom stereocenters. The molecule has 0 bridgehead atoms. The van der Waals surface area contributed by atoms with Crippen LogP contribution in [0.5, 0.6) is 5.75 Å².